The number of hydrogen-bond acceptors (Lipinski definition) is 4. The van der Waals surface area contributed by atoms with E-state index < -0.39 is 5.97 Å². The molecule has 1 aliphatic rings. The summed E-state index contributed by atoms with van der Waals surface area (Å²) in [6.07, 6.45) is 6.49. The molecule has 0 atom stereocenters. The van der Waals surface area contributed by atoms with Gasteiger partial charge in [0.25, 0.3) is 0 Å². The molecule has 0 radical (unpaired) electrons. The van der Waals surface area contributed by atoms with Gasteiger partial charge in [-0.3, -0.25) is 0 Å². The number of nitrogen functional groups attached to an aromatic ring is 1. The van der Waals surface area contributed by atoms with Crippen molar-refractivity contribution < 1.29 is 9.90 Å². The molecular formula is C12H17N3O2. The van der Waals surface area contributed by atoms with Crippen LogP contribution < -0.4 is 11.1 Å². The van der Waals surface area contributed by atoms with Crippen LogP contribution in [0, 0.1) is 5.92 Å². The molecule has 1 heterocycles. The first kappa shape index (κ1) is 11.7. The first-order valence-electron chi connectivity index (χ1n) is 5.90. The lowest BCUT2D eigenvalue weighted by Crippen LogP contribution is -2.14. The quantitative estimate of drug-likeness (QED) is 0.742. The van der Waals surface area contributed by atoms with Gasteiger partial charge < -0.3 is 16.2 Å². The summed E-state index contributed by atoms with van der Waals surface area (Å²) >= 11 is 0. The molecule has 0 bridgehead atoms. The number of pyridine rings is 1. The number of carboxylic acid groups (broad SMARTS) is 1. The van der Waals surface area contributed by atoms with E-state index >= 15 is 0 Å². The van der Waals surface area contributed by atoms with Crippen molar-refractivity contribution in [3.63, 3.8) is 0 Å². The summed E-state index contributed by atoms with van der Waals surface area (Å²) in [4.78, 5) is 15.0. The van der Waals surface area contributed by atoms with Crippen molar-refractivity contribution in [2.45, 2.75) is 25.7 Å². The highest BCUT2D eigenvalue weighted by Crippen LogP contribution is 2.26. The minimum Gasteiger partial charge on any atom is -0.478 e. The molecule has 0 unspecified atom stereocenters. The van der Waals surface area contributed by atoms with Crippen LogP contribution in [0.4, 0.5) is 11.5 Å². The van der Waals surface area contributed by atoms with Gasteiger partial charge in [-0.25, -0.2) is 9.78 Å². The Morgan fingerprint density at radius 1 is 1.53 bits per heavy atom. The summed E-state index contributed by atoms with van der Waals surface area (Å²) in [6, 6.07) is 1.42. The van der Waals surface area contributed by atoms with E-state index in [1.54, 1.807) is 0 Å². The molecule has 1 aliphatic carbocycles. The Hall–Kier alpha value is -1.78. The summed E-state index contributed by atoms with van der Waals surface area (Å²) < 4.78 is 0. The zero-order chi connectivity index (χ0) is 12.3. The Balaban J connectivity index is 2.04. The topological polar surface area (TPSA) is 88.2 Å². The fraction of sp³-hybridized carbons (Fsp3) is 0.500. The second-order valence-corrected chi connectivity index (χ2v) is 4.46. The number of carbonyl (C=O) groups is 1. The molecule has 4 N–H and O–H groups in total. The molecular weight excluding hydrogens is 218 g/mol. The SMILES string of the molecule is Nc1c(C(=O)O)ccnc1NCC1CCCC1. The van der Waals surface area contributed by atoms with E-state index in [1.807, 2.05) is 0 Å². The lowest BCUT2D eigenvalue weighted by Gasteiger charge is -2.13. The van der Waals surface area contributed by atoms with Crippen molar-refractivity contribution >= 4 is 17.5 Å². The Labute approximate surface area is 100 Å². The van der Waals surface area contributed by atoms with Crippen molar-refractivity contribution in [3.8, 4) is 0 Å². The summed E-state index contributed by atoms with van der Waals surface area (Å²) in [5.41, 5.74) is 6.09. The minimum atomic E-state index is -1.02. The molecule has 5 nitrogen and oxygen atoms in total. The number of nitrogens with zero attached hydrogens (tertiary/aromatic N) is 1. The molecule has 1 saturated carbocycles. The zero-order valence-corrected chi connectivity index (χ0v) is 9.65. The summed E-state index contributed by atoms with van der Waals surface area (Å²) in [5.74, 6) is 0.121. The molecule has 1 aromatic rings. The maximum Gasteiger partial charge on any atom is 0.337 e. The molecule has 1 fully saturated rings. The average molecular weight is 235 g/mol. The van der Waals surface area contributed by atoms with Crippen molar-refractivity contribution in [3.05, 3.63) is 17.8 Å². The van der Waals surface area contributed by atoms with E-state index in [0.717, 1.165) is 6.54 Å². The highest BCUT2D eigenvalue weighted by atomic mass is 16.4. The van der Waals surface area contributed by atoms with Crippen molar-refractivity contribution in [1.29, 1.82) is 0 Å². The molecule has 0 aromatic carbocycles. The van der Waals surface area contributed by atoms with Crippen LogP contribution in [0.5, 0.6) is 0 Å². The summed E-state index contributed by atoms with van der Waals surface area (Å²) in [6.45, 7) is 0.820. The van der Waals surface area contributed by atoms with Gasteiger partial charge in [0.05, 0.1) is 11.3 Å². The van der Waals surface area contributed by atoms with Crippen LogP contribution >= 0.6 is 0 Å². The van der Waals surface area contributed by atoms with Gasteiger partial charge in [0.1, 0.15) is 5.82 Å². The predicted molar refractivity (Wildman–Crippen MR) is 66.1 cm³/mol. The van der Waals surface area contributed by atoms with Crippen LogP contribution in [0.2, 0.25) is 0 Å². The lowest BCUT2D eigenvalue weighted by molar-refractivity contribution is 0.0698. The van der Waals surface area contributed by atoms with Gasteiger partial charge in [-0.1, -0.05) is 12.8 Å². The normalized spacial score (nSPS) is 16.0. The number of rotatable bonds is 4. The smallest absolute Gasteiger partial charge is 0.337 e. The van der Waals surface area contributed by atoms with E-state index in [4.69, 9.17) is 10.8 Å². The lowest BCUT2D eigenvalue weighted by atomic mass is 10.1. The van der Waals surface area contributed by atoms with E-state index in [1.165, 1.54) is 37.9 Å². The Morgan fingerprint density at radius 3 is 2.88 bits per heavy atom. The summed E-state index contributed by atoms with van der Waals surface area (Å²) in [7, 11) is 0. The van der Waals surface area contributed by atoms with Gasteiger partial charge in [0.2, 0.25) is 0 Å². The third kappa shape index (κ3) is 2.67. The Bertz CT molecular complexity index is 414. The van der Waals surface area contributed by atoms with E-state index in [-0.39, 0.29) is 11.3 Å². The van der Waals surface area contributed by atoms with Crippen molar-refractivity contribution in [2.75, 3.05) is 17.6 Å². The second kappa shape index (κ2) is 5.03. The number of carboxylic acids is 1. The van der Waals surface area contributed by atoms with Gasteiger partial charge in [0, 0.05) is 12.7 Å². The van der Waals surface area contributed by atoms with Crippen LogP contribution in [0.1, 0.15) is 36.0 Å². The molecule has 1 aromatic heterocycles. The molecule has 0 saturated heterocycles. The van der Waals surface area contributed by atoms with Crippen LogP contribution in [0.3, 0.4) is 0 Å². The highest BCUT2D eigenvalue weighted by molar-refractivity contribution is 5.96. The number of nitrogens with two attached hydrogens (primary N) is 1. The molecule has 5 heteroatoms. The highest BCUT2D eigenvalue weighted by Gasteiger charge is 2.16. The van der Waals surface area contributed by atoms with Gasteiger partial charge in [0.15, 0.2) is 0 Å². The third-order valence-corrected chi connectivity index (χ3v) is 3.25. The number of hydrogen-bond donors (Lipinski definition) is 3. The molecule has 0 aliphatic heterocycles. The second-order valence-electron chi connectivity index (χ2n) is 4.46. The monoisotopic (exact) mass is 235 g/mol. The first-order valence-corrected chi connectivity index (χ1v) is 5.90. The number of nitrogens with one attached hydrogen (secondary N) is 1. The fourth-order valence-electron chi connectivity index (χ4n) is 2.26. The van der Waals surface area contributed by atoms with E-state index in [9.17, 15) is 4.79 Å². The number of aromatic carboxylic acids is 1. The van der Waals surface area contributed by atoms with E-state index in [0.29, 0.717) is 11.7 Å². The molecule has 0 amide bonds. The van der Waals surface area contributed by atoms with Crippen LogP contribution in [-0.2, 0) is 0 Å². The maximum absolute atomic E-state index is 10.9. The van der Waals surface area contributed by atoms with Gasteiger partial charge in [-0.05, 0) is 24.8 Å². The molecule has 17 heavy (non-hydrogen) atoms. The molecule has 0 spiro atoms. The zero-order valence-electron chi connectivity index (χ0n) is 9.65. The van der Waals surface area contributed by atoms with Crippen molar-refractivity contribution in [2.24, 2.45) is 5.92 Å². The van der Waals surface area contributed by atoms with Crippen molar-refractivity contribution in [1.82, 2.24) is 4.98 Å². The van der Waals surface area contributed by atoms with Gasteiger partial charge >= 0.3 is 5.97 Å². The largest absolute Gasteiger partial charge is 0.478 e. The Kier molecular flexibility index (Phi) is 3.46. The van der Waals surface area contributed by atoms with Gasteiger partial charge in [-0.2, -0.15) is 0 Å². The predicted octanol–water partition coefficient (Wildman–Crippen LogP) is 1.96. The fourth-order valence-corrected chi connectivity index (χ4v) is 2.26. The van der Waals surface area contributed by atoms with Crippen LogP contribution in [0.15, 0.2) is 12.3 Å². The Morgan fingerprint density at radius 2 is 2.24 bits per heavy atom. The van der Waals surface area contributed by atoms with E-state index in [2.05, 4.69) is 10.3 Å². The number of anilines is 2. The maximum atomic E-state index is 10.9. The van der Waals surface area contributed by atoms with Crippen LogP contribution in [-0.4, -0.2) is 22.6 Å². The first-order chi connectivity index (χ1) is 8.18. The van der Waals surface area contributed by atoms with Crippen LogP contribution in [0.25, 0.3) is 0 Å². The number of aromatic nitrogens is 1. The third-order valence-electron chi connectivity index (χ3n) is 3.25. The summed E-state index contributed by atoms with van der Waals surface area (Å²) in [5, 5.41) is 12.1. The van der Waals surface area contributed by atoms with Gasteiger partial charge in [-0.15, -0.1) is 0 Å². The molecule has 92 valence electrons. The average Bonchev–Trinajstić information content (AvgIpc) is 2.80. The minimum absolute atomic E-state index is 0.105. The molecule has 2 rings (SSSR count). The standard InChI is InChI=1S/C12H17N3O2/c13-10-9(12(16)17)5-6-14-11(10)15-7-8-3-1-2-4-8/h5-6,8H,1-4,7,13H2,(H,14,15)(H,16,17).